The minimum absolute atomic E-state index is 0.114. The lowest BCUT2D eigenvalue weighted by molar-refractivity contribution is 0.0663. The standard InChI is InChI=1S/C12H22N2O2S/c1-12(2,3)10-9-14(11(13)17-10)5-6-16-8-7-15-4/h9,13H,5-8H2,1-4H3. The van der Waals surface area contributed by atoms with Crippen molar-refractivity contribution in [3.05, 3.63) is 15.9 Å². The van der Waals surface area contributed by atoms with Gasteiger partial charge >= 0.3 is 0 Å². The molecule has 0 spiro atoms. The summed E-state index contributed by atoms with van der Waals surface area (Å²) >= 11 is 1.54. The monoisotopic (exact) mass is 258 g/mol. The zero-order valence-electron chi connectivity index (χ0n) is 11.1. The van der Waals surface area contributed by atoms with Crippen LogP contribution in [0.2, 0.25) is 0 Å². The summed E-state index contributed by atoms with van der Waals surface area (Å²) in [5.74, 6) is 0. The van der Waals surface area contributed by atoms with Crippen LogP contribution >= 0.6 is 11.3 Å². The van der Waals surface area contributed by atoms with E-state index in [4.69, 9.17) is 14.9 Å². The van der Waals surface area contributed by atoms with Crippen LogP contribution in [0.3, 0.4) is 0 Å². The third-order valence-corrected chi connectivity index (χ3v) is 3.75. The van der Waals surface area contributed by atoms with Gasteiger partial charge in [0.05, 0.1) is 19.8 Å². The minimum atomic E-state index is 0.114. The molecule has 0 unspecified atom stereocenters. The van der Waals surface area contributed by atoms with E-state index < -0.39 is 0 Å². The molecule has 0 amide bonds. The Morgan fingerprint density at radius 1 is 1.29 bits per heavy atom. The van der Waals surface area contributed by atoms with Crippen LogP contribution in [0.25, 0.3) is 0 Å². The van der Waals surface area contributed by atoms with Gasteiger partial charge in [0.2, 0.25) is 0 Å². The highest BCUT2D eigenvalue weighted by atomic mass is 32.1. The van der Waals surface area contributed by atoms with E-state index in [1.54, 1.807) is 7.11 Å². The molecule has 0 aliphatic carbocycles. The van der Waals surface area contributed by atoms with Crippen LogP contribution in [0.1, 0.15) is 25.6 Å². The lowest BCUT2D eigenvalue weighted by Gasteiger charge is -2.14. The van der Waals surface area contributed by atoms with Gasteiger partial charge in [-0.25, -0.2) is 0 Å². The molecule has 0 aromatic carbocycles. The van der Waals surface area contributed by atoms with Gasteiger partial charge in [-0.1, -0.05) is 20.8 Å². The van der Waals surface area contributed by atoms with Crippen LogP contribution in [0.5, 0.6) is 0 Å². The van der Waals surface area contributed by atoms with Crippen molar-refractivity contribution in [3.8, 4) is 0 Å². The fourth-order valence-corrected chi connectivity index (χ4v) is 2.27. The smallest absolute Gasteiger partial charge is 0.182 e. The van der Waals surface area contributed by atoms with Crippen molar-refractivity contribution < 1.29 is 9.47 Å². The highest BCUT2D eigenvalue weighted by Crippen LogP contribution is 2.23. The van der Waals surface area contributed by atoms with Crippen molar-refractivity contribution in [2.45, 2.75) is 32.7 Å². The van der Waals surface area contributed by atoms with Gasteiger partial charge in [-0.2, -0.15) is 0 Å². The van der Waals surface area contributed by atoms with E-state index in [1.165, 1.54) is 16.2 Å². The molecule has 1 N–H and O–H groups in total. The van der Waals surface area contributed by atoms with Crippen molar-refractivity contribution in [2.24, 2.45) is 0 Å². The van der Waals surface area contributed by atoms with Gasteiger partial charge in [0, 0.05) is 24.7 Å². The predicted molar refractivity (Wildman–Crippen MR) is 69.6 cm³/mol. The Kier molecular flexibility index (Phi) is 5.36. The topological polar surface area (TPSA) is 47.2 Å². The summed E-state index contributed by atoms with van der Waals surface area (Å²) in [5.41, 5.74) is 0.114. The molecule has 1 rings (SSSR count). The Bertz CT molecular complexity index is 390. The van der Waals surface area contributed by atoms with Crippen molar-refractivity contribution >= 4 is 11.3 Å². The number of methoxy groups -OCH3 is 1. The number of ether oxygens (including phenoxy) is 2. The molecule has 1 aromatic heterocycles. The summed E-state index contributed by atoms with van der Waals surface area (Å²) in [6.45, 7) is 9.08. The van der Waals surface area contributed by atoms with Crippen LogP contribution in [0.4, 0.5) is 0 Å². The van der Waals surface area contributed by atoms with Gasteiger partial charge in [-0.3, -0.25) is 5.41 Å². The molecule has 0 saturated carbocycles. The molecular formula is C12H22N2O2S. The maximum atomic E-state index is 7.89. The first-order valence-corrected chi connectivity index (χ1v) is 6.59. The average molecular weight is 258 g/mol. The molecule has 0 fully saturated rings. The molecule has 0 bridgehead atoms. The average Bonchev–Trinajstić information content (AvgIpc) is 2.60. The third-order valence-electron chi connectivity index (χ3n) is 2.39. The van der Waals surface area contributed by atoms with Gasteiger partial charge < -0.3 is 14.0 Å². The number of hydrogen-bond donors (Lipinski definition) is 1. The van der Waals surface area contributed by atoms with Gasteiger partial charge in [0.25, 0.3) is 0 Å². The SMILES string of the molecule is COCCOCCn1cc(C(C)(C)C)sc1=N. The normalized spacial score (nSPS) is 12.0. The summed E-state index contributed by atoms with van der Waals surface area (Å²) in [5, 5.41) is 7.89. The molecule has 4 nitrogen and oxygen atoms in total. The van der Waals surface area contributed by atoms with Crippen LogP contribution in [-0.2, 0) is 21.4 Å². The number of aromatic nitrogens is 1. The van der Waals surface area contributed by atoms with Crippen LogP contribution in [0.15, 0.2) is 6.20 Å². The van der Waals surface area contributed by atoms with E-state index in [1.807, 2.05) is 4.57 Å². The van der Waals surface area contributed by atoms with Crippen LogP contribution < -0.4 is 4.80 Å². The summed E-state index contributed by atoms with van der Waals surface area (Å²) in [7, 11) is 1.66. The molecule has 0 aliphatic heterocycles. The van der Waals surface area contributed by atoms with E-state index >= 15 is 0 Å². The molecule has 0 radical (unpaired) electrons. The molecule has 0 aliphatic rings. The van der Waals surface area contributed by atoms with E-state index in [-0.39, 0.29) is 5.41 Å². The minimum Gasteiger partial charge on any atom is -0.382 e. The van der Waals surface area contributed by atoms with Crippen molar-refractivity contribution in [1.82, 2.24) is 4.57 Å². The molecule has 98 valence electrons. The summed E-state index contributed by atoms with van der Waals surface area (Å²) in [6.07, 6.45) is 2.06. The van der Waals surface area contributed by atoms with E-state index in [0.717, 1.165) is 6.54 Å². The third kappa shape index (κ3) is 4.61. The summed E-state index contributed by atoms with van der Waals surface area (Å²) < 4.78 is 12.2. The van der Waals surface area contributed by atoms with Crippen LogP contribution in [-0.4, -0.2) is 31.5 Å². The lowest BCUT2D eigenvalue weighted by atomic mass is 9.95. The predicted octanol–water partition coefficient (Wildman–Crippen LogP) is 1.99. The second-order valence-corrected chi connectivity index (χ2v) is 5.98. The Hall–Kier alpha value is -0.650. The quantitative estimate of drug-likeness (QED) is 0.793. The van der Waals surface area contributed by atoms with E-state index in [2.05, 4.69) is 27.0 Å². The largest absolute Gasteiger partial charge is 0.382 e. The first-order chi connectivity index (χ1) is 7.95. The molecular weight excluding hydrogens is 236 g/mol. The number of thiazole rings is 1. The zero-order valence-corrected chi connectivity index (χ0v) is 11.9. The maximum Gasteiger partial charge on any atom is 0.182 e. The Labute approximate surface area is 107 Å². The molecule has 0 saturated heterocycles. The Morgan fingerprint density at radius 2 is 2.00 bits per heavy atom. The number of hydrogen-bond acceptors (Lipinski definition) is 4. The lowest BCUT2D eigenvalue weighted by Crippen LogP contribution is -2.16. The number of nitrogens with one attached hydrogen (secondary N) is 1. The second kappa shape index (κ2) is 6.33. The molecule has 17 heavy (non-hydrogen) atoms. The number of nitrogens with zero attached hydrogens (tertiary/aromatic N) is 1. The van der Waals surface area contributed by atoms with Crippen molar-refractivity contribution in [2.75, 3.05) is 26.9 Å². The van der Waals surface area contributed by atoms with Crippen molar-refractivity contribution in [1.29, 1.82) is 5.41 Å². The molecule has 0 atom stereocenters. The van der Waals surface area contributed by atoms with E-state index in [9.17, 15) is 0 Å². The van der Waals surface area contributed by atoms with Gasteiger partial charge in [-0.05, 0) is 5.41 Å². The van der Waals surface area contributed by atoms with Crippen LogP contribution in [0, 0.1) is 5.41 Å². The second-order valence-electron chi connectivity index (χ2n) is 4.95. The fourth-order valence-electron chi connectivity index (χ4n) is 1.31. The summed E-state index contributed by atoms with van der Waals surface area (Å²) in [4.78, 5) is 1.82. The van der Waals surface area contributed by atoms with Crippen molar-refractivity contribution in [3.63, 3.8) is 0 Å². The molecule has 1 aromatic rings. The maximum absolute atomic E-state index is 7.89. The molecule has 5 heteroatoms. The highest BCUT2D eigenvalue weighted by molar-refractivity contribution is 7.09. The zero-order chi connectivity index (χ0) is 12.9. The first-order valence-electron chi connectivity index (χ1n) is 5.77. The Balaban J connectivity index is 2.49. The molecule has 1 heterocycles. The van der Waals surface area contributed by atoms with Gasteiger partial charge in [0.1, 0.15) is 0 Å². The Morgan fingerprint density at radius 3 is 2.53 bits per heavy atom. The number of rotatable bonds is 6. The summed E-state index contributed by atoms with van der Waals surface area (Å²) in [6, 6.07) is 0. The highest BCUT2D eigenvalue weighted by Gasteiger charge is 2.16. The van der Waals surface area contributed by atoms with E-state index in [0.29, 0.717) is 24.6 Å². The fraction of sp³-hybridized carbons (Fsp3) is 0.750. The first kappa shape index (κ1) is 14.4. The van der Waals surface area contributed by atoms with Gasteiger partial charge in [0.15, 0.2) is 4.80 Å². The van der Waals surface area contributed by atoms with Gasteiger partial charge in [-0.15, -0.1) is 11.3 Å².